The molecule has 1 saturated heterocycles. The van der Waals surface area contributed by atoms with Gasteiger partial charge in [0.25, 0.3) is 0 Å². The number of carboxylic acid groups (broad SMARTS) is 3. The van der Waals surface area contributed by atoms with Crippen LogP contribution < -0.4 is 43.4 Å². The predicted molar refractivity (Wildman–Crippen MR) is 256 cm³/mol. The number of benzene rings is 2. The van der Waals surface area contributed by atoms with E-state index in [0.717, 1.165) is 0 Å². The van der Waals surface area contributed by atoms with Crippen LogP contribution in [0.3, 0.4) is 0 Å². The molecule has 2 aromatic carbocycles. The molecule has 1 aliphatic heterocycles. The van der Waals surface area contributed by atoms with Crippen LogP contribution >= 0.6 is 0 Å². The van der Waals surface area contributed by atoms with Crippen molar-refractivity contribution >= 4 is 65.2 Å². The largest absolute Gasteiger partial charge is 0.508 e. The van der Waals surface area contributed by atoms with Gasteiger partial charge in [0.1, 0.15) is 48.0 Å². The second-order valence-corrected chi connectivity index (χ2v) is 18.4. The van der Waals surface area contributed by atoms with Crippen LogP contribution in [0.1, 0.15) is 90.2 Å². The first-order valence-electron chi connectivity index (χ1n) is 23.5. The van der Waals surface area contributed by atoms with E-state index in [1.165, 1.54) is 30.9 Å². The first kappa shape index (κ1) is 58.7. The molecule has 14 N–H and O–H groups in total. The van der Waals surface area contributed by atoms with Gasteiger partial charge in [0.15, 0.2) is 0 Å². The van der Waals surface area contributed by atoms with Crippen molar-refractivity contribution < 1.29 is 73.2 Å². The lowest BCUT2D eigenvalue weighted by atomic mass is 9.99. The van der Waals surface area contributed by atoms with Crippen LogP contribution in [0, 0.1) is 11.8 Å². The standard InChI is InChI=1S/C48H67N9O15/c1-25(2)21-33(43(66)54-34(24-37(50)59)44(67)55-35(48(71)72)23-27-9-6-5-7-10-27)53-41(64)31(16-18-38(60)61)52-46(69)40(26(3)4)56-42(65)32(17-19-39(62)63)51-45(68)36-11-8-20-57(36)47(70)30(49)22-28-12-14-29(58)15-13-28/h5-7,9-10,12-15,25-26,30-36,40,58H,8,11,16-24,49H2,1-4H3,(H2,50,59)(H,51,68)(H,52,69)(H,53,64)(H,54,66)(H,55,67)(H,56,65)(H,60,61)(H,62,63)(H,71,72)/t30-,31-,32-,33-,34-,35-,36-,40-/m0/s1. The van der Waals surface area contributed by atoms with E-state index < -0.39 is 152 Å². The van der Waals surface area contributed by atoms with Crippen molar-refractivity contribution in [2.45, 2.75) is 140 Å². The Kier molecular flexibility index (Phi) is 23.0. The van der Waals surface area contributed by atoms with Gasteiger partial charge in [0.2, 0.25) is 47.3 Å². The van der Waals surface area contributed by atoms with E-state index in [2.05, 4.69) is 31.9 Å². The van der Waals surface area contributed by atoms with Crippen molar-refractivity contribution in [3.63, 3.8) is 0 Å². The lowest BCUT2D eigenvalue weighted by Gasteiger charge is -2.30. The summed E-state index contributed by atoms with van der Waals surface area (Å²) in [6, 6.07) is 2.85. The van der Waals surface area contributed by atoms with Gasteiger partial charge in [-0.2, -0.15) is 0 Å². The van der Waals surface area contributed by atoms with Crippen LogP contribution in [-0.2, 0) is 65.6 Å². The van der Waals surface area contributed by atoms with Crippen molar-refractivity contribution in [3.05, 3.63) is 65.7 Å². The van der Waals surface area contributed by atoms with Gasteiger partial charge in [0, 0.05) is 25.8 Å². The number of rotatable bonds is 29. The van der Waals surface area contributed by atoms with E-state index in [-0.39, 0.29) is 43.9 Å². The molecule has 0 spiro atoms. The lowest BCUT2D eigenvalue weighted by Crippen LogP contribution is -2.61. The Balaban J connectivity index is 1.80. The molecule has 0 aliphatic carbocycles. The van der Waals surface area contributed by atoms with Crippen LogP contribution in [-0.4, -0.2) is 145 Å². The second kappa shape index (κ2) is 28.3. The van der Waals surface area contributed by atoms with Gasteiger partial charge in [-0.05, 0) is 73.6 Å². The number of phenolic OH excluding ortho intramolecular Hbond substituents is 1. The monoisotopic (exact) mass is 1010 g/mol. The number of primary amides is 1. The van der Waals surface area contributed by atoms with Gasteiger partial charge in [-0.3, -0.25) is 47.9 Å². The maximum absolute atomic E-state index is 14.0. The average Bonchev–Trinajstić information content (AvgIpc) is 3.80. The molecule has 0 saturated carbocycles. The summed E-state index contributed by atoms with van der Waals surface area (Å²) in [6.45, 7) is 6.58. The van der Waals surface area contributed by atoms with Crippen LogP contribution in [0.15, 0.2) is 54.6 Å². The van der Waals surface area contributed by atoms with Crippen molar-refractivity contribution in [1.29, 1.82) is 0 Å². The fourth-order valence-electron chi connectivity index (χ4n) is 7.86. The van der Waals surface area contributed by atoms with Crippen LogP contribution in [0.2, 0.25) is 0 Å². The Morgan fingerprint density at radius 3 is 1.67 bits per heavy atom. The van der Waals surface area contributed by atoms with Crippen LogP contribution in [0.5, 0.6) is 5.75 Å². The summed E-state index contributed by atoms with van der Waals surface area (Å²) in [5.74, 6) is -12.7. The molecular formula is C48H67N9O15. The number of carboxylic acids is 3. The van der Waals surface area contributed by atoms with E-state index in [0.29, 0.717) is 17.5 Å². The molecular weight excluding hydrogens is 943 g/mol. The maximum atomic E-state index is 14.0. The van der Waals surface area contributed by atoms with E-state index in [1.807, 2.05) is 0 Å². The number of hydrogen-bond acceptors (Lipinski definition) is 13. The molecule has 0 aromatic heterocycles. The first-order valence-corrected chi connectivity index (χ1v) is 23.5. The lowest BCUT2D eigenvalue weighted by molar-refractivity contribution is -0.142. The minimum absolute atomic E-state index is 0.0190. The minimum atomic E-state index is -1.71. The number of likely N-dealkylation sites (tertiary alicyclic amines) is 1. The van der Waals surface area contributed by atoms with Crippen LogP contribution in [0.25, 0.3) is 0 Å². The number of hydrogen-bond donors (Lipinski definition) is 12. The number of phenols is 1. The number of carbonyl (C=O) groups is 11. The molecule has 1 fully saturated rings. The normalized spacial score (nSPS) is 16.2. The van der Waals surface area contributed by atoms with E-state index in [4.69, 9.17) is 11.5 Å². The fourth-order valence-corrected chi connectivity index (χ4v) is 7.86. The maximum Gasteiger partial charge on any atom is 0.326 e. The van der Waals surface area contributed by atoms with Gasteiger partial charge in [0.05, 0.1) is 12.5 Å². The molecule has 8 atom stereocenters. The Morgan fingerprint density at radius 1 is 0.625 bits per heavy atom. The highest BCUT2D eigenvalue weighted by molar-refractivity contribution is 5.98. The number of amides is 8. The third-order valence-electron chi connectivity index (χ3n) is 11.6. The zero-order valence-corrected chi connectivity index (χ0v) is 40.6. The first-order chi connectivity index (χ1) is 33.9. The number of aromatic hydroxyl groups is 1. The van der Waals surface area contributed by atoms with Crippen molar-refractivity contribution in [2.75, 3.05) is 6.54 Å². The number of aliphatic carboxylic acids is 3. The SMILES string of the molecule is CC(C)C[C@H](NC(=O)[C@H](CCC(=O)O)NC(=O)[C@@H](NC(=O)[C@H](CCC(=O)O)NC(=O)[C@@H]1CCCN1C(=O)[C@@H](N)Cc1ccc(O)cc1)C(C)C)C(=O)N[C@@H](CC(N)=O)C(=O)N[C@@H](Cc1ccccc1)C(=O)O. The molecule has 72 heavy (non-hydrogen) atoms. The molecule has 0 bridgehead atoms. The molecule has 0 unspecified atom stereocenters. The Hall–Kier alpha value is -7.63. The number of nitrogens with two attached hydrogens (primary N) is 2. The molecule has 24 heteroatoms. The quantitative estimate of drug-likeness (QED) is 0.0455. The van der Waals surface area contributed by atoms with Crippen molar-refractivity contribution in [1.82, 2.24) is 36.8 Å². The zero-order valence-electron chi connectivity index (χ0n) is 40.6. The molecule has 24 nitrogen and oxygen atoms in total. The minimum Gasteiger partial charge on any atom is -0.508 e. The topological polar surface area (TPSA) is 396 Å². The Bertz CT molecular complexity index is 2260. The van der Waals surface area contributed by atoms with E-state index in [9.17, 15) is 73.2 Å². The summed E-state index contributed by atoms with van der Waals surface area (Å²) < 4.78 is 0. The van der Waals surface area contributed by atoms with Crippen molar-refractivity contribution in [2.24, 2.45) is 23.3 Å². The second-order valence-electron chi connectivity index (χ2n) is 18.4. The molecule has 1 heterocycles. The molecule has 0 radical (unpaired) electrons. The fraction of sp³-hybridized carbons (Fsp3) is 0.521. The summed E-state index contributed by atoms with van der Waals surface area (Å²) in [5, 5.41) is 53.0. The smallest absolute Gasteiger partial charge is 0.326 e. The third-order valence-corrected chi connectivity index (χ3v) is 11.6. The molecule has 394 valence electrons. The van der Waals surface area contributed by atoms with Gasteiger partial charge in [-0.25, -0.2) is 4.79 Å². The molecule has 8 amide bonds. The molecule has 3 rings (SSSR count). The van der Waals surface area contributed by atoms with Crippen LogP contribution in [0.4, 0.5) is 0 Å². The zero-order chi connectivity index (χ0) is 53.8. The summed E-state index contributed by atoms with van der Waals surface area (Å²) in [7, 11) is 0. The summed E-state index contributed by atoms with van der Waals surface area (Å²) in [5.41, 5.74) is 12.8. The highest BCUT2D eigenvalue weighted by Crippen LogP contribution is 2.21. The van der Waals surface area contributed by atoms with Crippen molar-refractivity contribution in [3.8, 4) is 5.75 Å². The Morgan fingerprint density at radius 2 is 1.12 bits per heavy atom. The van der Waals surface area contributed by atoms with Gasteiger partial charge >= 0.3 is 17.9 Å². The highest BCUT2D eigenvalue weighted by atomic mass is 16.4. The van der Waals surface area contributed by atoms with E-state index >= 15 is 0 Å². The summed E-state index contributed by atoms with van der Waals surface area (Å²) in [6.07, 6.45) is -2.57. The Labute approximate surface area is 415 Å². The average molecular weight is 1010 g/mol. The third kappa shape index (κ3) is 19.3. The van der Waals surface area contributed by atoms with E-state index in [1.54, 1.807) is 56.3 Å². The summed E-state index contributed by atoms with van der Waals surface area (Å²) in [4.78, 5) is 145. The van der Waals surface area contributed by atoms with Gasteiger partial charge in [-0.1, -0.05) is 70.2 Å². The van der Waals surface area contributed by atoms with Gasteiger partial charge in [-0.15, -0.1) is 0 Å². The van der Waals surface area contributed by atoms with Gasteiger partial charge < -0.3 is 68.7 Å². The number of nitrogens with zero attached hydrogens (tertiary/aromatic N) is 1. The number of carbonyl (C=O) groups excluding carboxylic acids is 8. The number of nitrogens with one attached hydrogen (secondary N) is 6. The predicted octanol–water partition coefficient (Wildman–Crippen LogP) is -1.20. The molecule has 1 aliphatic rings. The summed E-state index contributed by atoms with van der Waals surface area (Å²) >= 11 is 0. The highest BCUT2D eigenvalue weighted by Gasteiger charge is 2.39. The molecule has 2 aromatic rings.